The van der Waals surface area contributed by atoms with Crippen LogP contribution in [0.5, 0.6) is 0 Å². The van der Waals surface area contributed by atoms with E-state index in [0.717, 1.165) is 37.1 Å². The quantitative estimate of drug-likeness (QED) is 0.804. The number of anilines is 1. The summed E-state index contributed by atoms with van der Waals surface area (Å²) in [4.78, 5) is 15.2. The average Bonchev–Trinajstić information content (AvgIpc) is 3.03. The Bertz CT molecular complexity index is 447. The molecule has 18 heavy (non-hydrogen) atoms. The number of aromatic amines is 1. The van der Waals surface area contributed by atoms with Crippen molar-refractivity contribution in [1.29, 1.82) is 0 Å². The molecule has 0 radical (unpaired) electrons. The van der Waals surface area contributed by atoms with Gasteiger partial charge < -0.3 is 15.2 Å². The van der Waals surface area contributed by atoms with Gasteiger partial charge in [-0.2, -0.15) is 0 Å². The Hall–Kier alpha value is -1.40. The molecule has 0 aromatic carbocycles. The maximum atomic E-state index is 4.45. The molecule has 6 heteroatoms. The molecular formula is C12H19N5S. The molecular weight excluding hydrogens is 246 g/mol. The average molecular weight is 265 g/mol. The normalized spacial score (nSPS) is 10.8. The number of imidazole rings is 1. The summed E-state index contributed by atoms with van der Waals surface area (Å²) in [7, 11) is 0. The summed E-state index contributed by atoms with van der Waals surface area (Å²) in [5, 5.41) is 4.46. The minimum atomic E-state index is 0.755. The highest BCUT2D eigenvalue weighted by Gasteiger charge is 2.07. The summed E-state index contributed by atoms with van der Waals surface area (Å²) in [5.41, 5.74) is 0. The number of aromatic nitrogens is 3. The lowest BCUT2D eigenvalue weighted by Gasteiger charge is -2.16. The van der Waals surface area contributed by atoms with Crippen LogP contribution in [0.1, 0.15) is 24.5 Å². The Labute approximate surface area is 111 Å². The molecule has 98 valence electrons. The molecule has 0 fully saturated rings. The first-order valence-electron chi connectivity index (χ1n) is 6.22. The first-order chi connectivity index (χ1) is 8.83. The molecule has 0 aliphatic rings. The van der Waals surface area contributed by atoms with Crippen molar-refractivity contribution >= 4 is 16.5 Å². The van der Waals surface area contributed by atoms with E-state index in [2.05, 4.69) is 39.0 Å². The van der Waals surface area contributed by atoms with Crippen molar-refractivity contribution in [3.63, 3.8) is 0 Å². The molecule has 2 rings (SSSR count). The zero-order valence-corrected chi connectivity index (χ0v) is 11.6. The van der Waals surface area contributed by atoms with Crippen molar-refractivity contribution in [1.82, 2.24) is 20.3 Å². The van der Waals surface area contributed by atoms with Crippen molar-refractivity contribution in [2.45, 2.75) is 26.9 Å². The van der Waals surface area contributed by atoms with Gasteiger partial charge in [0.05, 0.1) is 6.54 Å². The Morgan fingerprint density at radius 2 is 2.11 bits per heavy atom. The van der Waals surface area contributed by atoms with Crippen molar-refractivity contribution < 1.29 is 0 Å². The van der Waals surface area contributed by atoms with Gasteiger partial charge in [-0.15, -0.1) is 11.3 Å². The lowest BCUT2D eigenvalue weighted by atomic mass is 10.5. The van der Waals surface area contributed by atoms with E-state index in [1.807, 2.05) is 12.4 Å². The third-order valence-corrected chi connectivity index (χ3v) is 3.78. The zero-order valence-electron chi connectivity index (χ0n) is 10.8. The van der Waals surface area contributed by atoms with Gasteiger partial charge in [0, 0.05) is 43.1 Å². The number of nitrogens with zero attached hydrogens (tertiary/aromatic N) is 3. The van der Waals surface area contributed by atoms with E-state index in [4.69, 9.17) is 0 Å². The molecule has 5 nitrogen and oxygen atoms in total. The van der Waals surface area contributed by atoms with Gasteiger partial charge in [0.2, 0.25) is 0 Å². The molecule has 0 aliphatic carbocycles. The van der Waals surface area contributed by atoms with Crippen molar-refractivity contribution in [3.8, 4) is 0 Å². The second-order valence-electron chi connectivity index (χ2n) is 3.92. The molecule has 2 aromatic heterocycles. The number of thiazole rings is 1. The summed E-state index contributed by atoms with van der Waals surface area (Å²) in [6.07, 6.45) is 5.55. The van der Waals surface area contributed by atoms with Gasteiger partial charge in [0.15, 0.2) is 5.13 Å². The summed E-state index contributed by atoms with van der Waals surface area (Å²) in [6, 6.07) is 0. The monoisotopic (exact) mass is 265 g/mol. The Morgan fingerprint density at radius 1 is 1.28 bits per heavy atom. The molecule has 0 bridgehead atoms. The molecule has 0 unspecified atom stereocenters. The van der Waals surface area contributed by atoms with E-state index in [0.29, 0.717) is 0 Å². The van der Waals surface area contributed by atoms with Crippen molar-refractivity contribution in [2.75, 3.05) is 18.0 Å². The minimum absolute atomic E-state index is 0.755. The highest BCUT2D eigenvalue weighted by atomic mass is 32.1. The van der Waals surface area contributed by atoms with Crippen LogP contribution in [-0.4, -0.2) is 28.0 Å². The van der Waals surface area contributed by atoms with E-state index >= 15 is 0 Å². The Balaban J connectivity index is 1.83. The topological polar surface area (TPSA) is 56.8 Å². The fraction of sp³-hybridized carbons (Fsp3) is 0.500. The summed E-state index contributed by atoms with van der Waals surface area (Å²) >= 11 is 1.75. The predicted octanol–water partition coefficient (Wildman–Crippen LogP) is 2.00. The Morgan fingerprint density at radius 3 is 2.78 bits per heavy atom. The predicted molar refractivity (Wildman–Crippen MR) is 74.8 cm³/mol. The molecule has 0 saturated carbocycles. The summed E-state index contributed by atoms with van der Waals surface area (Å²) < 4.78 is 0. The lowest BCUT2D eigenvalue weighted by molar-refractivity contribution is 0.674. The second-order valence-corrected chi connectivity index (χ2v) is 5.01. The fourth-order valence-corrected chi connectivity index (χ4v) is 2.72. The van der Waals surface area contributed by atoms with Crippen LogP contribution < -0.4 is 10.2 Å². The number of H-pyrrole nitrogens is 1. The van der Waals surface area contributed by atoms with Crippen LogP contribution in [0.2, 0.25) is 0 Å². The standard InChI is InChI=1S/C12H19N5S/c1-3-17(4-2)12-16-8-10(18-12)7-13-9-11-14-5-6-15-11/h5-6,8,13H,3-4,7,9H2,1-2H3,(H,14,15). The first-order valence-corrected chi connectivity index (χ1v) is 7.03. The SMILES string of the molecule is CCN(CC)c1ncc(CNCc2ncc[nH]2)s1. The summed E-state index contributed by atoms with van der Waals surface area (Å²) in [5.74, 6) is 0.962. The molecule has 0 aliphatic heterocycles. The van der Waals surface area contributed by atoms with Gasteiger partial charge in [-0.3, -0.25) is 0 Å². The van der Waals surface area contributed by atoms with Gasteiger partial charge in [0.1, 0.15) is 5.82 Å². The molecule has 2 N–H and O–H groups in total. The lowest BCUT2D eigenvalue weighted by Crippen LogP contribution is -2.21. The fourth-order valence-electron chi connectivity index (χ4n) is 1.72. The van der Waals surface area contributed by atoms with Gasteiger partial charge in [-0.25, -0.2) is 9.97 Å². The van der Waals surface area contributed by atoms with Crippen molar-refractivity contribution in [2.24, 2.45) is 0 Å². The van der Waals surface area contributed by atoms with Crippen LogP contribution in [0.25, 0.3) is 0 Å². The first kappa shape index (κ1) is 13.0. The maximum Gasteiger partial charge on any atom is 0.185 e. The third kappa shape index (κ3) is 3.30. The van der Waals surface area contributed by atoms with Crippen LogP contribution in [-0.2, 0) is 13.1 Å². The van der Waals surface area contributed by atoms with Crippen LogP contribution in [0.4, 0.5) is 5.13 Å². The van der Waals surface area contributed by atoms with Gasteiger partial charge in [-0.05, 0) is 13.8 Å². The van der Waals surface area contributed by atoms with Crippen LogP contribution in [0.3, 0.4) is 0 Å². The van der Waals surface area contributed by atoms with E-state index in [9.17, 15) is 0 Å². The number of hydrogen-bond acceptors (Lipinski definition) is 5. The molecule has 0 spiro atoms. The molecule has 0 atom stereocenters. The second kappa shape index (κ2) is 6.51. The minimum Gasteiger partial charge on any atom is -0.349 e. The molecule has 0 saturated heterocycles. The number of nitrogens with one attached hydrogen (secondary N) is 2. The smallest absolute Gasteiger partial charge is 0.185 e. The maximum absolute atomic E-state index is 4.45. The highest BCUT2D eigenvalue weighted by molar-refractivity contribution is 7.15. The number of hydrogen-bond donors (Lipinski definition) is 2. The largest absolute Gasteiger partial charge is 0.349 e. The van der Waals surface area contributed by atoms with E-state index in [1.165, 1.54) is 4.88 Å². The van der Waals surface area contributed by atoms with Crippen LogP contribution in [0, 0.1) is 0 Å². The van der Waals surface area contributed by atoms with E-state index in [1.54, 1.807) is 17.5 Å². The van der Waals surface area contributed by atoms with Gasteiger partial charge in [0.25, 0.3) is 0 Å². The number of rotatable bonds is 7. The van der Waals surface area contributed by atoms with Crippen molar-refractivity contribution in [3.05, 3.63) is 29.3 Å². The van der Waals surface area contributed by atoms with Crippen LogP contribution in [0.15, 0.2) is 18.6 Å². The molecule has 2 aromatic rings. The third-order valence-electron chi connectivity index (χ3n) is 2.72. The highest BCUT2D eigenvalue weighted by Crippen LogP contribution is 2.21. The Kier molecular flexibility index (Phi) is 4.72. The van der Waals surface area contributed by atoms with Gasteiger partial charge >= 0.3 is 0 Å². The molecule has 0 amide bonds. The summed E-state index contributed by atoms with van der Waals surface area (Å²) in [6.45, 7) is 7.90. The van der Waals surface area contributed by atoms with Gasteiger partial charge in [-0.1, -0.05) is 0 Å². The molecule has 2 heterocycles. The van der Waals surface area contributed by atoms with Crippen LogP contribution >= 0.6 is 11.3 Å². The van der Waals surface area contributed by atoms with E-state index < -0.39 is 0 Å². The zero-order chi connectivity index (χ0) is 12.8. The van der Waals surface area contributed by atoms with E-state index in [-0.39, 0.29) is 0 Å².